The Bertz CT molecular complexity index is 918. The van der Waals surface area contributed by atoms with Crippen LogP contribution in [-0.2, 0) is 22.7 Å². The lowest BCUT2D eigenvalue weighted by molar-refractivity contribution is -0.123. The summed E-state index contributed by atoms with van der Waals surface area (Å²) < 4.78 is 10.5. The molecule has 0 aliphatic rings. The summed E-state index contributed by atoms with van der Waals surface area (Å²) in [5.41, 5.74) is 2.43. The van der Waals surface area contributed by atoms with E-state index in [1.807, 2.05) is 24.3 Å². The van der Waals surface area contributed by atoms with E-state index in [0.717, 1.165) is 37.7 Å². The maximum atomic E-state index is 12.3. The summed E-state index contributed by atoms with van der Waals surface area (Å²) in [5.74, 6) is 1.78. The normalized spacial score (nSPS) is 11.1. The predicted octanol–water partition coefficient (Wildman–Crippen LogP) is 1.62. The van der Waals surface area contributed by atoms with Gasteiger partial charge in [-0.25, -0.2) is 0 Å². The van der Waals surface area contributed by atoms with E-state index in [9.17, 15) is 9.59 Å². The van der Waals surface area contributed by atoms with Gasteiger partial charge in [-0.3, -0.25) is 19.4 Å². The third-order valence-corrected chi connectivity index (χ3v) is 7.05. The molecular formula is C32H50ClN4O4-. The molecule has 2 amide bonds. The maximum Gasteiger partial charge on any atom is 0.220 e. The molecule has 41 heavy (non-hydrogen) atoms. The van der Waals surface area contributed by atoms with Crippen molar-refractivity contribution in [1.29, 1.82) is 0 Å². The molecule has 0 unspecified atom stereocenters. The number of nitrogens with one attached hydrogen (secondary N) is 2. The van der Waals surface area contributed by atoms with Crippen LogP contribution in [0, 0.1) is 0 Å². The first-order chi connectivity index (χ1) is 19.2. The number of nitrogens with zero attached hydrogens (tertiary/aromatic N) is 2. The minimum absolute atomic E-state index is 0. The Balaban J connectivity index is 0.00000840. The van der Waals surface area contributed by atoms with Crippen molar-refractivity contribution in [3.63, 3.8) is 0 Å². The van der Waals surface area contributed by atoms with E-state index >= 15 is 0 Å². The summed E-state index contributed by atoms with van der Waals surface area (Å²) in [6.45, 7) is 13.1. The Morgan fingerprint density at radius 3 is 1.29 bits per heavy atom. The second kappa shape index (κ2) is 20.1. The van der Waals surface area contributed by atoms with Gasteiger partial charge in [-0.05, 0) is 75.9 Å². The third kappa shape index (κ3) is 14.6. The highest BCUT2D eigenvalue weighted by Crippen LogP contribution is 2.15. The largest absolute Gasteiger partial charge is 1.00 e. The van der Waals surface area contributed by atoms with E-state index in [-0.39, 0.29) is 24.2 Å². The van der Waals surface area contributed by atoms with Crippen LogP contribution in [0.5, 0.6) is 11.5 Å². The van der Waals surface area contributed by atoms with Crippen molar-refractivity contribution >= 4 is 11.8 Å². The van der Waals surface area contributed by atoms with Crippen molar-refractivity contribution in [3.8, 4) is 11.5 Å². The smallest absolute Gasteiger partial charge is 0.220 e. The van der Waals surface area contributed by atoms with Crippen LogP contribution in [0.25, 0.3) is 0 Å². The number of hydrogen-bond donors (Lipinski definition) is 2. The third-order valence-electron chi connectivity index (χ3n) is 7.05. The van der Waals surface area contributed by atoms with Crippen molar-refractivity contribution in [2.45, 2.75) is 78.6 Å². The van der Waals surface area contributed by atoms with E-state index in [1.165, 1.54) is 11.1 Å². The summed E-state index contributed by atoms with van der Waals surface area (Å²) in [6.07, 6.45) is 2.29. The summed E-state index contributed by atoms with van der Waals surface area (Å²) in [6, 6.07) is 16.9. The number of halogens is 1. The second-order valence-electron chi connectivity index (χ2n) is 10.7. The van der Waals surface area contributed by atoms with Gasteiger partial charge in [0.25, 0.3) is 0 Å². The van der Waals surface area contributed by atoms with Crippen LogP contribution < -0.4 is 32.5 Å². The molecule has 8 nitrogen and oxygen atoms in total. The fourth-order valence-corrected chi connectivity index (χ4v) is 4.40. The molecule has 0 saturated carbocycles. The molecule has 230 valence electrons. The van der Waals surface area contributed by atoms with E-state index in [2.05, 4.69) is 72.4 Å². The molecular weight excluding hydrogens is 540 g/mol. The molecule has 0 bridgehead atoms. The van der Waals surface area contributed by atoms with Crippen LogP contribution in [-0.4, -0.2) is 74.1 Å². The fourth-order valence-electron chi connectivity index (χ4n) is 4.40. The van der Waals surface area contributed by atoms with Gasteiger partial charge < -0.3 is 32.5 Å². The number of benzene rings is 2. The first-order valence-electron chi connectivity index (χ1n) is 14.5. The Kier molecular flexibility index (Phi) is 17.8. The molecule has 0 aromatic heterocycles. The van der Waals surface area contributed by atoms with Gasteiger partial charge in [0.05, 0.1) is 14.2 Å². The minimum Gasteiger partial charge on any atom is -1.00 e. The molecule has 0 saturated heterocycles. The van der Waals surface area contributed by atoms with Crippen molar-refractivity contribution in [2.75, 3.05) is 40.4 Å². The first-order valence-corrected chi connectivity index (χ1v) is 14.5. The lowest BCUT2D eigenvalue weighted by Gasteiger charge is -2.26. The number of rotatable bonds is 19. The SMILES string of the molecule is COc1ccc(CN(CCNC(=O)CCCCC(=O)NCCN(Cc2ccc(OC)cc2)C(C)C)C(C)C)cc1.[Cl-]. The van der Waals surface area contributed by atoms with Gasteiger partial charge in [0.1, 0.15) is 11.5 Å². The molecule has 0 atom stereocenters. The molecule has 0 heterocycles. The van der Waals surface area contributed by atoms with Crippen LogP contribution >= 0.6 is 0 Å². The molecule has 9 heteroatoms. The van der Waals surface area contributed by atoms with E-state index in [4.69, 9.17) is 9.47 Å². The van der Waals surface area contributed by atoms with Crippen LogP contribution in [0.4, 0.5) is 0 Å². The zero-order valence-electron chi connectivity index (χ0n) is 25.7. The molecule has 0 aliphatic heterocycles. The summed E-state index contributed by atoms with van der Waals surface area (Å²) in [4.78, 5) is 29.3. The summed E-state index contributed by atoms with van der Waals surface area (Å²) in [7, 11) is 3.33. The molecule has 0 fully saturated rings. The number of carbonyl (C=O) groups excluding carboxylic acids is 2. The Morgan fingerprint density at radius 2 is 1.00 bits per heavy atom. The number of unbranched alkanes of at least 4 members (excludes halogenated alkanes) is 1. The average Bonchev–Trinajstić information content (AvgIpc) is 2.94. The molecule has 0 aliphatic carbocycles. The molecule has 2 rings (SSSR count). The van der Waals surface area contributed by atoms with E-state index in [1.54, 1.807) is 14.2 Å². The average molecular weight is 590 g/mol. The number of amides is 2. The maximum absolute atomic E-state index is 12.3. The monoisotopic (exact) mass is 589 g/mol. The second-order valence-corrected chi connectivity index (χ2v) is 10.7. The highest BCUT2D eigenvalue weighted by Gasteiger charge is 2.13. The van der Waals surface area contributed by atoms with Gasteiger partial charge in [-0.2, -0.15) is 0 Å². The molecule has 0 spiro atoms. The number of methoxy groups -OCH3 is 2. The fraction of sp³-hybridized carbons (Fsp3) is 0.562. The molecule has 2 N–H and O–H groups in total. The van der Waals surface area contributed by atoms with E-state index < -0.39 is 0 Å². The predicted molar refractivity (Wildman–Crippen MR) is 162 cm³/mol. The molecule has 2 aromatic rings. The van der Waals surface area contributed by atoms with Gasteiger partial charge in [0, 0.05) is 64.2 Å². The Labute approximate surface area is 253 Å². The zero-order valence-corrected chi connectivity index (χ0v) is 26.5. The number of carbonyl (C=O) groups is 2. The van der Waals surface area contributed by atoms with Gasteiger partial charge in [-0.15, -0.1) is 0 Å². The van der Waals surface area contributed by atoms with Crippen LogP contribution in [0.15, 0.2) is 48.5 Å². The van der Waals surface area contributed by atoms with Crippen molar-refractivity contribution in [1.82, 2.24) is 20.4 Å². The lowest BCUT2D eigenvalue weighted by atomic mass is 10.1. The summed E-state index contributed by atoms with van der Waals surface area (Å²) in [5, 5.41) is 6.06. The van der Waals surface area contributed by atoms with Gasteiger partial charge >= 0.3 is 0 Å². The highest BCUT2D eigenvalue weighted by molar-refractivity contribution is 5.77. The summed E-state index contributed by atoms with van der Waals surface area (Å²) >= 11 is 0. The van der Waals surface area contributed by atoms with Crippen molar-refractivity contribution in [3.05, 3.63) is 59.7 Å². The van der Waals surface area contributed by atoms with Gasteiger partial charge in [0.15, 0.2) is 0 Å². The molecule has 2 aromatic carbocycles. The lowest BCUT2D eigenvalue weighted by Crippen LogP contribution is -3.00. The number of hydrogen-bond acceptors (Lipinski definition) is 6. The minimum atomic E-state index is 0. The first kappa shape index (κ1) is 36.2. The van der Waals surface area contributed by atoms with Crippen LogP contribution in [0.2, 0.25) is 0 Å². The zero-order chi connectivity index (χ0) is 29.3. The van der Waals surface area contributed by atoms with Gasteiger partial charge in [-0.1, -0.05) is 24.3 Å². The highest BCUT2D eigenvalue weighted by atomic mass is 35.5. The quantitative estimate of drug-likeness (QED) is 0.242. The topological polar surface area (TPSA) is 83.1 Å². The molecule has 0 radical (unpaired) electrons. The van der Waals surface area contributed by atoms with Crippen LogP contribution in [0.1, 0.15) is 64.5 Å². The number of ether oxygens (including phenoxy) is 2. The van der Waals surface area contributed by atoms with Crippen molar-refractivity contribution in [2.24, 2.45) is 0 Å². The van der Waals surface area contributed by atoms with E-state index in [0.29, 0.717) is 50.9 Å². The Hall–Kier alpha value is -2.81. The Morgan fingerprint density at radius 1 is 0.659 bits per heavy atom. The van der Waals surface area contributed by atoms with Crippen molar-refractivity contribution < 1.29 is 31.5 Å². The standard InChI is InChI=1S/C32H50N4O4.ClH/c1-25(2)35(23-27-11-15-29(39-5)16-12-27)21-19-33-31(37)9-7-8-10-32(38)34-20-22-36(26(3)4)24-28-13-17-30(40-6)18-14-28;/h11-18,25-26H,7-10,19-24H2,1-6H3,(H,33,37)(H,34,38);1H/p-1. The van der Waals surface area contributed by atoms with Gasteiger partial charge in [0.2, 0.25) is 11.8 Å². The van der Waals surface area contributed by atoms with Crippen LogP contribution in [0.3, 0.4) is 0 Å².